The van der Waals surface area contributed by atoms with Crippen LogP contribution in [0, 0.1) is 27.6 Å². The topological polar surface area (TPSA) is 123 Å². The van der Waals surface area contributed by atoms with Gasteiger partial charge in [0, 0.05) is 25.7 Å². The van der Waals surface area contributed by atoms with Crippen LogP contribution in [0.5, 0.6) is 0 Å². The highest BCUT2D eigenvalue weighted by molar-refractivity contribution is 6.07. The van der Waals surface area contributed by atoms with Crippen LogP contribution in [-0.4, -0.2) is 65.1 Å². The van der Waals surface area contributed by atoms with E-state index in [0.717, 1.165) is 24.8 Å². The molecule has 2 aliphatic heterocycles. The van der Waals surface area contributed by atoms with Crippen molar-refractivity contribution in [1.29, 1.82) is 5.26 Å². The van der Waals surface area contributed by atoms with Gasteiger partial charge in [-0.25, -0.2) is 0 Å². The van der Waals surface area contributed by atoms with Gasteiger partial charge in [0.1, 0.15) is 18.1 Å². The van der Waals surface area contributed by atoms with Crippen LogP contribution >= 0.6 is 0 Å². The van der Waals surface area contributed by atoms with E-state index in [-0.39, 0.29) is 52.8 Å². The highest BCUT2D eigenvalue weighted by Gasteiger charge is 2.69. The van der Waals surface area contributed by atoms with E-state index in [1.807, 2.05) is 45.0 Å². The van der Waals surface area contributed by atoms with Crippen molar-refractivity contribution >= 4 is 29.3 Å². The molecule has 0 unspecified atom stereocenters. The Labute approximate surface area is 230 Å². The molecule has 5 aliphatic rings. The number of likely N-dealkylation sites (N-methyl/N-ethyl adjacent to an activating group) is 1. The van der Waals surface area contributed by atoms with Gasteiger partial charge in [-0.1, -0.05) is 45.9 Å². The molecule has 39 heavy (non-hydrogen) atoms. The normalized spacial score (nSPS) is 31.8. The van der Waals surface area contributed by atoms with Gasteiger partial charge in [-0.2, -0.15) is 5.26 Å². The first-order valence-corrected chi connectivity index (χ1v) is 13.8. The predicted octanol–water partition coefficient (Wildman–Crippen LogP) is 2.96. The largest absolute Gasteiger partial charge is 0.344 e. The molecule has 3 aliphatic carbocycles. The van der Waals surface area contributed by atoms with Crippen molar-refractivity contribution in [2.24, 2.45) is 16.2 Å². The zero-order valence-electron chi connectivity index (χ0n) is 23.8. The van der Waals surface area contributed by atoms with Gasteiger partial charge in [-0.3, -0.25) is 19.2 Å². The predicted molar refractivity (Wildman–Crippen MR) is 145 cm³/mol. The van der Waals surface area contributed by atoms with Gasteiger partial charge in [0.05, 0.1) is 16.9 Å². The van der Waals surface area contributed by atoms with Gasteiger partial charge in [0.15, 0.2) is 0 Å². The molecule has 6 rings (SSSR count). The van der Waals surface area contributed by atoms with E-state index in [1.165, 1.54) is 9.80 Å². The number of rotatable bonds is 6. The molecule has 0 aromatic heterocycles. The fourth-order valence-corrected chi connectivity index (χ4v) is 7.55. The number of nitriles is 1. The number of benzene rings is 1. The van der Waals surface area contributed by atoms with E-state index < -0.39 is 23.5 Å². The minimum atomic E-state index is -0.998. The summed E-state index contributed by atoms with van der Waals surface area (Å²) in [7, 11) is 1.59. The molecule has 4 fully saturated rings. The van der Waals surface area contributed by atoms with Crippen molar-refractivity contribution in [3.05, 3.63) is 29.8 Å². The summed E-state index contributed by atoms with van der Waals surface area (Å²) in [5.74, 6) is -1.01. The lowest BCUT2D eigenvalue weighted by atomic mass is 9.35. The number of anilines is 1. The molecular formula is C30H39N5O4. The Balaban J connectivity index is 1.36. The van der Waals surface area contributed by atoms with Crippen LogP contribution in [-0.2, 0) is 24.6 Å². The second kappa shape index (κ2) is 8.80. The van der Waals surface area contributed by atoms with E-state index in [9.17, 15) is 24.4 Å². The van der Waals surface area contributed by atoms with Crippen molar-refractivity contribution in [2.45, 2.75) is 90.3 Å². The van der Waals surface area contributed by atoms with Crippen molar-refractivity contribution < 1.29 is 19.2 Å². The van der Waals surface area contributed by atoms with Crippen LogP contribution < -0.4 is 10.6 Å². The Kier molecular flexibility index (Phi) is 6.13. The number of nitrogens with zero attached hydrogens (tertiary/aromatic N) is 3. The van der Waals surface area contributed by atoms with E-state index in [1.54, 1.807) is 14.0 Å². The summed E-state index contributed by atoms with van der Waals surface area (Å²) in [5, 5.41) is 15.8. The third-order valence-corrected chi connectivity index (χ3v) is 9.32. The zero-order chi connectivity index (χ0) is 28.5. The third-order valence-electron chi connectivity index (χ3n) is 9.32. The number of likely N-dealkylation sites (tertiary alicyclic amines) is 1. The molecule has 3 saturated carbocycles. The quantitative estimate of drug-likeness (QED) is 0.582. The zero-order valence-corrected chi connectivity index (χ0v) is 23.8. The molecule has 0 radical (unpaired) electrons. The van der Waals surface area contributed by atoms with E-state index >= 15 is 0 Å². The van der Waals surface area contributed by atoms with E-state index in [2.05, 4.69) is 23.6 Å². The minimum Gasteiger partial charge on any atom is -0.344 e. The van der Waals surface area contributed by atoms with Gasteiger partial charge in [0.25, 0.3) is 0 Å². The van der Waals surface area contributed by atoms with Crippen LogP contribution in [0.25, 0.3) is 0 Å². The fourth-order valence-electron chi connectivity index (χ4n) is 7.55. The minimum absolute atomic E-state index is 0.0726. The van der Waals surface area contributed by atoms with Crippen LogP contribution in [0.15, 0.2) is 24.3 Å². The second-order valence-corrected chi connectivity index (χ2v) is 13.9. The summed E-state index contributed by atoms with van der Waals surface area (Å²) in [6.45, 7) is 9.89. The lowest BCUT2D eigenvalue weighted by Crippen LogP contribution is -2.68. The van der Waals surface area contributed by atoms with E-state index in [4.69, 9.17) is 0 Å². The van der Waals surface area contributed by atoms with Crippen molar-refractivity contribution in [2.75, 3.05) is 18.9 Å². The molecule has 4 atom stereocenters. The average molecular weight is 534 g/mol. The lowest BCUT2D eigenvalue weighted by Gasteiger charge is -2.68. The first-order valence-electron chi connectivity index (χ1n) is 13.8. The first kappa shape index (κ1) is 27.2. The molecule has 2 bridgehead atoms. The maximum absolute atomic E-state index is 14.2. The van der Waals surface area contributed by atoms with Crippen molar-refractivity contribution in [3.8, 4) is 6.07 Å². The lowest BCUT2D eigenvalue weighted by molar-refractivity contribution is -0.200. The molecular weight excluding hydrogens is 494 g/mol. The highest BCUT2D eigenvalue weighted by Crippen LogP contribution is 2.73. The van der Waals surface area contributed by atoms with Crippen molar-refractivity contribution in [3.63, 3.8) is 0 Å². The van der Waals surface area contributed by atoms with Crippen molar-refractivity contribution in [1.82, 2.24) is 15.1 Å². The standard InChI is InChI=1S/C30H39N5O4/c1-18(32-25(38)29-14-28(5,15-29)16-29)23(36)34(6)22(12-27(2,3)4)24(37)35-17-30(11-19(35)13-31)20-9-7-8-10-21(20)33-26(30)39/h7-10,18-19,22H,11-12,14-17H2,1-6H3,(H,32,38)(H,33,39)/t18-,19-,22-,28?,29?,30-/m0/s1. The number of amides is 4. The Hall–Kier alpha value is -3.41. The molecule has 1 aromatic carbocycles. The van der Waals surface area contributed by atoms with E-state index in [0.29, 0.717) is 12.1 Å². The SMILES string of the molecule is C[C@H](NC(=O)C12CC(C)(C1)C2)C(=O)N(C)[C@@H](CC(C)(C)C)C(=O)N1C[C@]2(C[C@H]1C#N)C(=O)Nc1ccccc12. The molecule has 208 valence electrons. The van der Waals surface area contributed by atoms with Gasteiger partial charge in [0.2, 0.25) is 23.6 Å². The number of hydrogen-bond donors (Lipinski definition) is 2. The number of hydrogen-bond acceptors (Lipinski definition) is 5. The fraction of sp³-hybridized carbons (Fsp3) is 0.633. The van der Waals surface area contributed by atoms with Crippen LogP contribution in [0.3, 0.4) is 0 Å². The molecule has 2 N–H and O–H groups in total. The summed E-state index contributed by atoms with van der Waals surface area (Å²) >= 11 is 0. The Morgan fingerprint density at radius 2 is 1.87 bits per heavy atom. The van der Waals surface area contributed by atoms with Gasteiger partial charge in [-0.15, -0.1) is 0 Å². The first-order chi connectivity index (χ1) is 18.1. The Bertz CT molecular complexity index is 1270. The number of carbonyl (C=O) groups is 4. The molecule has 2 heterocycles. The maximum atomic E-state index is 14.2. The summed E-state index contributed by atoms with van der Waals surface area (Å²) < 4.78 is 0. The van der Waals surface area contributed by atoms with Crippen LogP contribution in [0.4, 0.5) is 5.69 Å². The molecule has 1 saturated heterocycles. The average Bonchev–Trinajstić information content (AvgIpc) is 3.36. The summed E-state index contributed by atoms with van der Waals surface area (Å²) in [4.78, 5) is 56.7. The number of carbonyl (C=O) groups excluding carboxylic acids is 4. The van der Waals surface area contributed by atoms with Gasteiger partial charge >= 0.3 is 0 Å². The Morgan fingerprint density at radius 3 is 2.46 bits per heavy atom. The molecule has 1 spiro atoms. The number of nitrogens with one attached hydrogen (secondary N) is 2. The third kappa shape index (κ3) is 4.29. The highest BCUT2D eigenvalue weighted by atomic mass is 16.2. The second-order valence-electron chi connectivity index (χ2n) is 13.9. The number of fused-ring (bicyclic) bond motifs is 2. The smallest absolute Gasteiger partial charge is 0.246 e. The molecule has 4 amide bonds. The van der Waals surface area contributed by atoms with Crippen LogP contribution in [0.1, 0.15) is 72.3 Å². The summed E-state index contributed by atoms with van der Waals surface area (Å²) in [6.07, 6.45) is 3.14. The Morgan fingerprint density at radius 1 is 1.23 bits per heavy atom. The monoisotopic (exact) mass is 533 g/mol. The van der Waals surface area contributed by atoms with Gasteiger partial charge < -0.3 is 20.4 Å². The molecule has 9 heteroatoms. The van der Waals surface area contributed by atoms with Crippen LogP contribution in [0.2, 0.25) is 0 Å². The van der Waals surface area contributed by atoms with Gasteiger partial charge in [-0.05, 0) is 55.1 Å². The number of para-hydroxylation sites is 1. The maximum Gasteiger partial charge on any atom is 0.246 e. The molecule has 1 aromatic rings. The summed E-state index contributed by atoms with van der Waals surface area (Å²) in [6, 6.07) is 7.18. The molecule has 9 nitrogen and oxygen atoms in total. The summed E-state index contributed by atoms with van der Waals surface area (Å²) in [5.41, 5.74) is 0.120.